The van der Waals surface area contributed by atoms with Crippen LogP contribution in [0.25, 0.3) is 5.76 Å². The molecule has 0 unspecified atom stereocenters. The number of halogens is 1. The van der Waals surface area contributed by atoms with Crippen LogP contribution in [0.3, 0.4) is 0 Å². The Morgan fingerprint density at radius 1 is 1.28 bits per heavy atom. The van der Waals surface area contributed by atoms with Crippen LogP contribution in [0.2, 0.25) is 0 Å². The smallest absolute Gasteiger partial charge is 0.295 e. The first-order valence-corrected chi connectivity index (χ1v) is 9.03. The zero-order valence-electron chi connectivity index (χ0n) is 16.4. The first-order valence-electron chi connectivity index (χ1n) is 9.03. The van der Waals surface area contributed by atoms with Gasteiger partial charge in [0.05, 0.1) is 18.4 Å². The van der Waals surface area contributed by atoms with Gasteiger partial charge in [0.15, 0.2) is 11.6 Å². The van der Waals surface area contributed by atoms with Gasteiger partial charge >= 0.3 is 0 Å². The number of carbonyl (C=O) groups excluding carboxylic acids is 2. The van der Waals surface area contributed by atoms with Crippen LogP contribution in [0.5, 0.6) is 5.75 Å². The summed E-state index contributed by atoms with van der Waals surface area (Å²) in [6.07, 6.45) is 1.55. The molecule has 7 nitrogen and oxygen atoms in total. The number of nitrogens with zero attached hydrogens (tertiary/aromatic N) is 3. The molecular weight excluding hydrogens is 377 g/mol. The summed E-state index contributed by atoms with van der Waals surface area (Å²) >= 11 is 0. The van der Waals surface area contributed by atoms with E-state index in [0.29, 0.717) is 12.2 Å². The molecular formula is C21H22FN3O4. The lowest BCUT2D eigenvalue weighted by Crippen LogP contribution is -2.35. The number of Topliss-reactive ketones (excluding diaryl/α,β-unsaturated/α-hetero) is 1. The molecule has 8 heteroatoms. The second-order valence-corrected chi connectivity index (χ2v) is 6.90. The number of methoxy groups -OCH3 is 1. The van der Waals surface area contributed by atoms with Crippen LogP contribution in [0.4, 0.5) is 4.39 Å². The summed E-state index contributed by atoms with van der Waals surface area (Å²) in [4.78, 5) is 33.1. The number of hydrogen-bond donors (Lipinski definition) is 1. The van der Waals surface area contributed by atoms with Crippen molar-refractivity contribution >= 4 is 17.4 Å². The molecule has 152 valence electrons. The standard InChI is InChI=1S/C21H22FN3O4/c1-24(2)10-11-25-18(15-6-4-5-9-23-15)17(20(27)21(25)28)19(26)13-7-8-16(29-3)14(22)12-13/h4-9,12,18,26H,10-11H2,1-3H3/b19-17+/t18-/m1/s1. The Balaban J connectivity index is 2.13. The number of likely N-dealkylation sites (tertiary alicyclic amines) is 1. The van der Waals surface area contributed by atoms with Gasteiger partial charge in [-0.25, -0.2) is 4.39 Å². The highest BCUT2D eigenvalue weighted by molar-refractivity contribution is 6.46. The maximum absolute atomic E-state index is 14.1. The number of aromatic nitrogens is 1. The van der Waals surface area contributed by atoms with Crippen molar-refractivity contribution in [3.8, 4) is 5.75 Å². The Kier molecular flexibility index (Phi) is 5.93. The van der Waals surface area contributed by atoms with Gasteiger partial charge in [0, 0.05) is 24.8 Å². The molecule has 3 rings (SSSR count). The summed E-state index contributed by atoms with van der Waals surface area (Å²) in [5.41, 5.74) is 0.410. The zero-order chi connectivity index (χ0) is 21.1. The average molecular weight is 399 g/mol. The minimum atomic E-state index is -0.860. The van der Waals surface area contributed by atoms with E-state index in [9.17, 15) is 19.1 Å². The molecule has 1 saturated heterocycles. The van der Waals surface area contributed by atoms with E-state index in [-0.39, 0.29) is 23.4 Å². The van der Waals surface area contributed by atoms with Crippen molar-refractivity contribution in [3.05, 3.63) is 65.2 Å². The third-order valence-corrected chi connectivity index (χ3v) is 4.72. The van der Waals surface area contributed by atoms with Gasteiger partial charge in [0.25, 0.3) is 11.7 Å². The number of pyridine rings is 1. The van der Waals surface area contributed by atoms with E-state index in [4.69, 9.17) is 4.74 Å². The van der Waals surface area contributed by atoms with Crippen molar-refractivity contribution < 1.29 is 23.8 Å². The third kappa shape index (κ3) is 3.97. The summed E-state index contributed by atoms with van der Waals surface area (Å²) in [5.74, 6) is -2.68. The number of aliphatic hydroxyl groups is 1. The summed E-state index contributed by atoms with van der Waals surface area (Å²) < 4.78 is 19.0. The molecule has 29 heavy (non-hydrogen) atoms. The van der Waals surface area contributed by atoms with Crippen LogP contribution in [0.1, 0.15) is 17.3 Å². The number of likely N-dealkylation sites (N-methyl/N-ethyl adjacent to an activating group) is 1. The first kappa shape index (κ1) is 20.5. The molecule has 1 atom stereocenters. The van der Waals surface area contributed by atoms with Crippen LogP contribution in [0, 0.1) is 5.82 Å². The van der Waals surface area contributed by atoms with Crippen LogP contribution in [0.15, 0.2) is 48.2 Å². The number of aliphatic hydroxyl groups excluding tert-OH is 1. The molecule has 0 saturated carbocycles. The van der Waals surface area contributed by atoms with Crippen molar-refractivity contribution in [2.24, 2.45) is 0 Å². The highest BCUT2D eigenvalue weighted by Crippen LogP contribution is 2.38. The molecule has 1 amide bonds. The molecule has 1 aliphatic rings. The average Bonchev–Trinajstić information content (AvgIpc) is 2.97. The monoisotopic (exact) mass is 399 g/mol. The van der Waals surface area contributed by atoms with Gasteiger partial charge in [-0.3, -0.25) is 14.6 Å². The predicted molar refractivity (Wildman–Crippen MR) is 105 cm³/mol. The van der Waals surface area contributed by atoms with Crippen LogP contribution in [-0.4, -0.2) is 65.9 Å². The van der Waals surface area contributed by atoms with Gasteiger partial charge in [-0.15, -0.1) is 0 Å². The normalized spacial score (nSPS) is 18.5. The predicted octanol–water partition coefficient (Wildman–Crippen LogP) is 2.21. The molecule has 1 aliphatic heterocycles. The summed E-state index contributed by atoms with van der Waals surface area (Å²) in [5, 5.41) is 10.9. The van der Waals surface area contributed by atoms with Gasteiger partial charge in [0.2, 0.25) is 0 Å². The van der Waals surface area contributed by atoms with Gasteiger partial charge in [-0.2, -0.15) is 0 Å². The highest BCUT2D eigenvalue weighted by atomic mass is 19.1. The Morgan fingerprint density at radius 3 is 2.62 bits per heavy atom. The maximum Gasteiger partial charge on any atom is 0.295 e. The topological polar surface area (TPSA) is 83.0 Å². The fourth-order valence-corrected chi connectivity index (χ4v) is 3.23. The van der Waals surface area contributed by atoms with E-state index in [0.717, 1.165) is 6.07 Å². The molecule has 0 spiro atoms. The fourth-order valence-electron chi connectivity index (χ4n) is 3.23. The quantitative estimate of drug-likeness (QED) is 0.456. The van der Waals surface area contributed by atoms with E-state index in [1.165, 1.54) is 24.1 Å². The van der Waals surface area contributed by atoms with Gasteiger partial charge in [0.1, 0.15) is 11.8 Å². The Bertz CT molecular complexity index is 960. The number of hydrogen-bond acceptors (Lipinski definition) is 6. The number of carbonyl (C=O) groups is 2. The van der Waals surface area contributed by atoms with Crippen molar-refractivity contribution in [3.63, 3.8) is 0 Å². The Labute approximate surface area is 168 Å². The van der Waals surface area contributed by atoms with E-state index in [2.05, 4.69) is 4.98 Å². The molecule has 1 aromatic carbocycles. The zero-order valence-corrected chi connectivity index (χ0v) is 16.4. The third-order valence-electron chi connectivity index (χ3n) is 4.72. The van der Waals surface area contributed by atoms with E-state index in [1.54, 1.807) is 24.4 Å². The minimum Gasteiger partial charge on any atom is -0.507 e. The highest BCUT2D eigenvalue weighted by Gasteiger charge is 2.46. The van der Waals surface area contributed by atoms with Gasteiger partial charge in [-0.05, 0) is 44.4 Å². The molecule has 1 fully saturated rings. The maximum atomic E-state index is 14.1. The van der Waals surface area contributed by atoms with Crippen molar-refractivity contribution in [1.82, 2.24) is 14.8 Å². The van der Waals surface area contributed by atoms with Crippen LogP contribution >= 0.6 is 0 Å². The largest absolute Gasteiger partial charge is 0.507 e. The van der Waals surface area contributed by atoms with Gasteiger partial charge in [-0.1, -0.05) is 6.07 Å². The van der Waals surface area contributed by atoms with Crippen molar-refractivity contribution in [2.75, 3.05) is 34.3 Å². The van der Waals surface area contributed by atoms with Gasteiger partial charge < -0.3 is 19.6 Å². The van der Waals surface area contributed by atoms with E-state index >= 15 is 0 Å². The second kappa shape index (κ2) is 8.40. The second-order valence-electron chi connectivity index (χ2n) is 6.90. The summed E-state index contributed by atoms with van der Waals surface area (Å²) in [6.45, 7) is 0.792. The lowest BCUT2D eigenvalue weighted by molar-refractivity contribution is -0.140. The van der Waals surface area contributed by atoms with Crippen LogP contribution < -0.4 is 4.74 Å². The Morgan fingerprint density at radius 2 is 2.03 bits per heavy atom. The molecule has 0 radical (unpaired) electrons. The molecule has 2 heterocycles. The molecule has 1 N–H and O–H groups in total. The minimum absolute atomic E-state index is 0.00857. The SMILES string of the molecule is COc1ccc(/C(O)=C2\C(=O)C(=O)N(CCN(C)C)[C@@H]2c2ccccn2)cc1F. The molecule has 2 aromatic rings. The number of amides is 1. The molecule has 0 aliphatic carbocycles. The number of ether oxygens (including phenoxy) is 1. The molecule has 1 aromatic heterocycles. The number of rotatable bonds is 6. The summed E-state index contributed by atoms with van der Waals surface area (Å²) in [6, 6.07) is 8.12. The number of ketones is 1. The molecule has 0 bridgehead atoms. The van der Waals surface area contributed by atoms with Crippen LogP contribution in [-0.2, 0) is 9.59 Å². The van der Waals surface area contributed by atoms with E-state index < -0.39 is 29.3 Å². The lowest BCUT2D eigenvalue weighted by Gasteiger charge is -2.25. The summed E-state index contributed by atoms with van der Waals surface area (Å²) in [7, 11) is 5.04. The van der Waals surface area contributed by atoms with Crippen molar-refractivity contribution in [1.29, 1.82) is 0 Å². The van der Waals surface area contributed by atoms with E-state index in [1.807, 2.05) is 19.0 Å². The lowest BCUT2D eigenvalue weighted by atomic mass is 9.98. The Hall–Kier alpha value is -3.26. The number of benzene rings is 1. The fraction of sp³-hybridized carbons (Fsp3) is 0.286. The van der Waals surface area contributed by atoms with Crippen molar-refractivity contribution in [2.45, 2.75) is 6.04 Å². The first-order chi connectivity index (χ1) is 13.8.